The van der Waals surface area contributed by atoms with E-state index in [1.165, 1.54) is 23.9 Å². The highest BCUT2D eigenvalue weighted by molar-refractivity contribution is 5.93. The Morgan fingerprint density at radius 2 is 1.88 bits per heavy atom. The highest BCUT2D eigenvalue weighted by Gasteiger charge is 2.32. The predicted octanol–water partition coefficient (Wildman–Crippen LogP) is 5.66. The number of rotatable bonds is 5. The summed E-state index contributed by atoms with van der Waals surface area (Å²) >= 11 is 0. The Morgan fingerprint density at radius 1 is 1.05 bits per heavy atom. The highest BCUT2D eigenvalue weighted by atomic mass is 19.1. The van der Waals surface area contributed by atoms with Crippen molar-refractivity contribution in [2.24, 2.45) is 0 Å². The number of carboxylic acid groups (broad SMARTS) is 1. The molecule has 1 aliphatic heterocycles. The van der Waals surface area contributed by atoms with Crippen LogP contribution in [0.2, 0.25) is 0 Å². The van der Waals surface area contributed by atoms with Gasteiger partial charge in [-0.3, -0.25) is 4.79 Å². The van der Waals surface area contributed by atoms with Gasteiger partial charge in [0.25, 0.3) is 5.91 Å². The van der Waals surface area contributed by atoms with Crippen LogP contribution in [0.3, 0.4) is 0 Å². The molecule has 5 aromatic rings. The zero-order chi connectivity index (χ0) is 27.5. The van der Waals surface area contributed by atoms with Gasteiger partial charge in [-0.1, -0.05) is 24.3 Å². The average Bonchev–Trinajstić information content (AvgIpc) is 3.51. The number of carbonyl (C=O) groups excluding carboxylic acids is 1. The number of hydrogen-bond donors (Lipinski definition) is 1. The third-order valence-corrected chi connectivity index (χ3v) is 7.99. The average molecular weight is 536 g/mol. The minimum atomic E-state index is -1.04. The van der Waals surface area contributed by atoms with Crippen LogP contribution in [0.4, 0.5) is 4.39 Å². The molecule has 7 rings (SSSR count). The Hall–Kier alpha value is -4.79. The summed E-state index contributed by atoms with van der Waals surface area (Å²) < 4.78 is 18.6. The van der Waals surface area contributed by atoms with Crippen LogP contribution in [-0.2, 0) is 6.42 Å². The molecule has 9 heteroatoms. The van der Waals surface area contributed by atoms with Crippen LogP contribution in [0.25, 0.3) is 22.6 Å². The van der Waals surface area contributed by atoms with E-state index < -0.39 is 11.8 Å². The zero-order valence-corrected chi connectivity index (χ0v) is 21.8. The third-order valence-electron chi connectivity index (χ3n) is 7.99. The largest absolute Gasteiger partial charge is 0.478 e. The fourth-order valence-electron chi connectivity index (χ4n) is 5.66. The number of aromatic nitrogens is 4. The number of amides is 1. The fraction of sp³-hybridized carbons (Fsp3) is 0.226. The van der Waals surface area contributed by atoms with Gasteiger partial charge in [0.15, 0.2) is 5.65 Å². The molecule has 1 amide bonds. The molecule has 1 atom stereocenters. The Balaban J connectivity index is 1.24. The van der Waals surface area contributed by atoms with E-state index in [1.54, 1.807) is 33.5 Å². The minimum absolute atomic E-state index is 0.0557. The van der Waals surface area contributed by atoms with Gasteiger partial charge in [0.1, 0.15) is 11.5 Å². The van der Waals surface area contributed by atoms with E-state index in [0.717, 1.165) is 30.5 Å². The Labute approximate surface area is 229 Å². The Morgan fingerprint density at radius 3 is 2.62 bits per heavy atom. The molecule has 1 N–H and O–H groups in total. The van der Waals surface area contributed by atoms with Crippen molar-refractivity contribution in [3.63, 3.8) is 0 Å². The van der Waals surface area contributed by atoms with Crippen LogP contribution in [0.5, 0.6) is 0 Å². The maximum atomic E-state index is 15.3. The first-order valence-electron chi connectivity index (χ1n) is 13.4. The topological polar surface area (TPSA) is 92.7 Å². The number of hydrogen-bond acceptors (Lipinski definition) is 4. The summed E-state index contributed by atoms with van der Waals surface area (Å²) in [6.45, 7) is 2.68. The molecule has 1 aliphatic carbocycles. The molecule has 200 valence electrons. The number of halogens is 1. The van der Waals surface area contributed by atoms with Crippen molar-refractivity contribution >= 4 is 17.5 Å². The van der Waals surface area contributed by atoms with Gasteiger partial charge in [0, 0.05) is 47.9 Å². The van der Waals surface area contributed by atoms with Gasteiger partial charge >= 0.3 is 5.97 Å². The van der Waals surface area contributed by atoms with Gasteiger partial charge < -0.3 is 14.6 Å². The van der Waals surface area contributed by atoms with Gasteiger partial charge in [-0.05, 0) is 67.6 Å². The van der Waals surface area contributed by atoms with E-state index in [-0.39, 0.29) is 23.4 Å². The Kier molecular flexibility index (Phi) is 5.55. The molecule has 3 aromatic heterocycles. The second-order valence-electron chi connectivity index (χ2n) is 10.5. The predicted molar refractivity (Wildman–Crippen MR) is 146 cm³/mol. The quantitative estimate of drug-likeness (QED) is 0.314. The zero-order valence-electron chi connectivity index (χ0n) is 21.8. The molecule has 1 fully saturated rings. The maximum Gasteiger partial charge on any atom is 0.337 e. The van der Waals surface area contributed by atoms with E-state index in [1.807, 2.05) is 23.1 Å². The molecule has 40 heavy (non-hydrogen) atoms. The summed E-state index contributed by atoms with van der Waals surface area (Å²) in [6, 6.07) is 17.9. The summed E-state index contributed by atoms with van der Waals surface area (Å²) in [5.74, 6) is -1.36. The summed E-state index contributed by atoms with van der Waals surface area (Å²) in [5.41, 5.74) is 5.57. The molecule has 2 aromatic carbocycles. The van der Waals surface area contributed by atoms with E-state index in [4.69, 9.17) is 10.1 Å². The van der Waals surface area contributed by atoms with Gasteiger partial charge in [-0.25, -0.2) is 18.7 Å². The molecule has 0 radical (unpaired) electrons. The van der Waals surface area contributed by atoms with E-state index in [2.05, 4.69) is 19.1 Å². The number of nitrogens with zero attached hydrogens (tertiary/aromatic N) is 5. The lowest BCUT2D eigenvalue weighted by molar-refractivity contribution is 0.0668. The van der Waals surface area contributed by atoms with Crippen molar-refractivity contribution in [2.75, 3.05) is 6.54 Å². The van der Waals surface area contributed by atoms with E-state index in [9.17, 15) is 14.7 Å². The fourth-order valence-corrected chi connectivity index (χ4v) is 5.66. The lowest BCUT2D eigenvalue weighted by Gasteiger charge is -2.35. The summed E-state index contributed by atoms with van der Waals surface area (Å²) in [4.78, 5) is 31.5. The molecular formula is C31H26FN5O3. The van der Waals surface area contributed by atoms with E-state index >= 15 is 4.39 Å². The van der Waals surface area contributed by atoms with Crippen molar-refractivity contribution in [3.8, 4) is 16.9 Å². The SMILES string of the molecule is C[C@@H]1c2ccccc2CCN1C(=O)c1cc(C2CC2)n2nc(-c3ccc(-n4ccc(C(=O)O)c4)cc3F)cc2n1. The van der Waals surface area contributed by atoms with Crippen LogP contribution in [-0.4, -0.2) is 47.6 Å². The minimum Gasteiger partial charge on any atom is -0.478 e. The summed E-state index contributed by atoms with van der Waals surface area (Å²) in [7, 11) is 0. The van der Waals surface area contributed by atoms with Crippen molar-refractivity contribution in [1.29, 1.82) is 0 Å². The molecule has 1 saturated carbocycles. The standard InChI is InChI=1S/C31H26FN5O3/c1-18-23-5-3-2-4-19(23)11-13-36(18)30(38)27-15-28(20-6-7-20)37-29(33-27)16-26(34-37)24-9-8-22(14-25(24)32)35-12-10-21(17-35)31(39)40/h2-5,8-10,12,14-18,20H,6-7,11,13H2,1H3,(H,39,40)/t18-/m1/s1. The molecule has 8 nitrogen and oxygen atoms in total. The van der Waals surface area contributed by atoms with Crippen LogP contribution >= 0.6 is 0 Å². The van der Waals surface area contributed by atoms with Crippen molar-refractivity contribution in [3.05, 3.63) is 107 Å². The van der Waals surface area contributed by atoms with Crippen LogP contribution in [0.1, 0.15) is 69.4 Å². The second-order valence-corrected chi connectivity index (χ2v) is 10.5. The van der Waals surface area contributed by atoms with Crippen LogP contribution < -0.4 is 0 Å². The van der Waals surface area contributed by atoms with E-state index in [0.29, 0.717) is 34.8 Å². The summed E-state index contributed by atoms with van der Waals surface area (Å²) in [6.07, 6.45) is 5.83. The normalized spacial score (nSPS) is 16.8. The number of carboxylic acids is 1. The number of aromatic carboxylic acids is 1. The smallest absolute Gasteiger partial charge is 0.337 e. The molecule has 0 saturated heterocycles. The third kappa shape index (κ3) is 4.05. The van der Waals surface area contributed by atoms with Gasteiger partial charge in [-0.15, -0.1) is 0 Å². The first kappa shape index (κ1) is 24.3. The molecule has 0 unspecified atom stereocenters. The monoisotopic (exact) mass is 535 g/mol. The van der Waals surface area contributed by atoms with Crippen molar-refractivity contribution < 1.29 is 19.1 Å². The molecule has 0 spiro atoms. The first-order chi connectivity index (χ1) is 19.4. The second kappa shape index (κ2) is 9.15. The molecule has 4 heterocycles. The van der Waals surface area contributed by atoms with Crippen molar-refractivity contribution in [2.45, 2.75) is 38.1 Å². The number of carbonyl (C=O) groups is 2. The first-order valence-corrected chi connectivity index (χ1v) is 13.4. The maximum absolute atomic E-state index is 15.3. The Bertz CT molecular complexity index is 1820. The van der Waals surface area contributed by atoms with Crippen LogP contribution in [0, 0.1) is 5.82 Å². The number of fused-ring (bicyclic) bond motifs is 2. The summed E-state index contributed by atoms with van der Waals surface area (Å²) in [5, 5.41) is 13.9. The van der Waals surface area contributed by atoms with Gasteiger partial charge in [0.2, 0.25) is 0 Å². The molecular weight excluding hydrogens is 509 g/mol. The van der Waals surface area contributed by atoms with Gasteiger partial charge in [0.05, 0.1) is 17.3 Å². The lowest BCUT2D eigenvalue weighted by atomic mass is 9.93. The van der Waals surface area contributed by atoms with Gasteiger partial charge in [-0.2, -0.15) is 5.10 Å². The lowest BCUT2D eigenvalue weighted by Crippen LogP contribution is -2.39. The number of benzene rings is 2. The highest BCUT2D eigenvalue weighted by Crippen LogP contribution is 2.41. The molecule has 0 bridgehead atoms. The molecule has 2 aliphatic rings. The van der Waals surface area contributed by atoms with Crippen molar-refractivity contribution in [1.82, 2.24) is 24.1 Å². The van der Waals surface area contributed by atoms with Crippen LogP contribution in [0.15, 0.2) is 73.1 Å².